The molecule has 2 aromatic carbocycles. The Kier molecular flexibility index (Phi) is 5.56. The molecule has 6 nitrogen and oxygen atoms in total. The van der Waals surface area contributed by atoms with Gasteiger partial charge in [0.1, 0.15) is 28.3 Å². The van der Waals surface area contributed by atoms with Gasteiger partial charge in [0.25, 0.3) is 0 Å². The van der Waals surface area contributed by atoms with E-state index in [1.807, 2.05) is 0 Å². The Morgan fingerprint density at radius 3 is 2.58 bits per heavy atom. The van der Waals surface area contributed by atoms with Gasteiger partial charge >= 0.3 is 5.97 Å². The molecule has 0 aliphatic rings. The molecule has 31 heavy (non-hydrogen) atoms. The van der Waals surface area contributed by atoms with Crippen molar-refractivity contribution in [3.63, 3.8) is 0 Å². The van der Waals surface area contributed by atoms with Crippen molar-refractivity contribution in [2.45, 2.75) is 20.8 Å². The van der Waals surface area contributed by atoms with Crippen molar-refractivity contribution in [2.24, 2.45) is 0 Å². The monoisotopic (exact) mass is 453 g/mol. The van der Waals surface area contributed by atoms with E-state index in [9.17, 15) is 9.90 Å². The van der Waals surface area contributed by atoms with Crippen molar-refractivity contribution in [3.05, 3.63) is 63.2 Å². The van der Waals surface area contributed by atoms with E-state index in [1.54, 1.807) is 17.4 Å². The first-order chi connectivity index (χ1) is 14.8. The van der Waals surface area contributed by atoms with Crippen LogP contribution in [0, 0.1) is 20.8 Å². The number of aromatic nitrogens is 2. The van der Waals surface area contributed by atoms with Gasteiger partial charge in [-0.25, -0.2) is 14.8 Å². The van der Waals surface area contributed by atoms with Crippen molar-refractivity contribution in [1.29, 1.82) is 0 Å². The van der Waals surface area contributed by atoms with E-state index in [2.05, 4.69) is 54.3 Å². The lowest BCUT2D eigenvalue weighted by Gasteiger charge is -2.13. The van der Waals surface area contributed by atoms with E-state index in [1.165, 1.54) is 30.6 Å². The van der Waals surface area contributed by atoms with E-state index in [0.717, 1.165) is 26.2 Å². The van der Waals surface area contributed by atoms with Crippen LogP contribution in [0.15, 0.2) is 36.7 Å². The van der Waals surface area contributed by atoms with E-state index in [-0.39, 0.29) is 16.3 Å². The normalized spacial score (nSPS) is 11.0. The summed E-state index contributed by atoms with van der Waals surface area (Å²) in [4.78, 5) is 22.4. The SMILES string of the molecule is COc1cc(Nc2ncnc3sc(C)c(-c4ccc(C)c(C)c4)c23)c(Cl)cc1C(=O)O. The number of carbonyl (C=O) groups is 1. The summed E-state index contributed by atoms with van der Waals surface area (Å²) < 4.78 is 5.24. The number of hydrogen-bond acceptors (Lipinski definition) is 6. The topological polar surface area (TPSA) is 84.3 Å². The molecule has 0 saturated heterocycles. The van der Waals surface area contributed by atoms with Crippen molar-refractivity contribution in [3.8, 4) is 16.9 Å². The van der Waals surface area contributed by atoms with Crippen LogP contribution in [0.2, 0.25) is 5.02 Å². The molecular weight excluding hydrogens is 434 g/mol. The second-order valence-electron chi connectivity index (χ2n) is 7.20. The fraction of sp³-hybridized carbons (Fsp3) is 0.174. The molecule has 0 fully saturated rings. The minimum Gasteiger partial charge on any atom is -0.496 e. The van der Waals surface area contributed by atoms with Crippen LogP contribution in [-0.2, 0) is 0 Å². The third-order valence-electron chi connectivity index (χ3n) is 5.23. The number of hydrogen-bond donors (Lipinski definition) is 2. The lowest BCUT2D eigenvalue weighted by atomic mass is 9.99. The molecule has 0 atom stereocenters. The molecule has 0 aliphatic heterocycles. The number of nitrogens with zero attached hydrogens (tertiary/aromatic N) is 2. The van der Waals surface area contributed by atoms with Gasteiger partial charge in [0.05, 0.1) is 23.2 Å². The van der Waals surface area contributed by atoms with Crippen molar-refractivity contribution >= 4 is 50.6 Å². The number of fused-ring (bicyclic) bond motifs is 1. The predicted molar refractivity (Wildman–Crippen MR) is 125 cm³/mol. The Morgan fingerprint density at radius 1 is 1.13 bits per heavy atom. The zero-order valence-electron chi connectivity index (χ0n) is 17.4. The average Bonchev–Trinajstić information content (AvgIpc) is 3.07. The Balaban J connectivity index is 1.88. The zero-order valence-corrected chi connectivity index (χ0v) is 19.0. The maximum absolute atomic E-state index is 11.5. The summed E-state index contributed by atoms with van der Waals surface area (Å²) >= 11 is 7.98. The van der Waals surface area contributed by atoms with Gasteiger partial charge in [-0.2, -0.15) is 0 Å². The number of aromatic carboxylic acids is 1. The summed E-state index contributed by atoms with van der Waals surface area (Å²) in [6.45, 7) is 6.25. The van der Waals surface area contributed by atoms with Crippen molar-refractivity contribution < 1.29 is 14.6 Å². The number of halogens is 1. The summed E-state index contributed by atoms with van der Waals surface area (Å²) in [6.07, 6.45) is 1.50. The molecular formula is C23H20ClN3O3S. The summed E-state index contributed by atoms with van der Waals surface area (Å²) in [5, 5.41) is 13.8. The average molecular weight is 454 g/mol. The highest BCUT2D eigenvalue weighted by molar-refractivity contribution is 7.19. The molecule has 4 aromatic rings. The van der Waals surface area contributed by atoms with E-state index >= 15 is 0 Å². The number of aryl methyl sites for hydroxylation is 3. The third-order valence-corrected chi connectivity index (χ3v) is 6.56. The number of anilines is 2. The van der Waals surface area contributed by atoms with Gasteiger partial charge in [-0.3, -0.25) is 0 Å². The quantitative estimate of drug-likeness (QED) is 0.364. The minimum absolute atomic E-state index is 0.00641. The number of carboxylic acid groups (broad SMARTS) is 1. The van der Waals surface area contributed by atoms with Gasteiger partial charge in [0, 0.05) is 16.5 Å². The van der Waals surface area contributed by atoms with Gasteiger partial charge < -0.3 is 15.2 Å². The Labute approximate surface area is 188 Å². The van der Waals surface area contributed by atoms with Gasteiger partial charge in [-0.05, 0) is 43.5 Å². The number of thiophene rings is 1. The molecule has 0 aliphatic carbocycles. The number of methoxy groups -OCH3 is 1. The van der Waals surface area contributed by atoms with Crippen LogP contribution < -0.4 is 10.1 Å². The van der Waals surface area contributed by atoms with Gasteiger partial charge in [0.2, 0.25) is 0 Å². The fourth-order valence-corrected chi connectivity index (χ4v) is 4.72. The van der Waals surface area contributed by atoms with Crippen molar-refractivity contribution in [2.75, 3.05) is 12.4 Å². The Hall–Kier alpha value is -3.16. The summed E-state index contributed by atoms with van der Waals surface area (Å²) in [6, 6.07) is 9.31. The molecule has 2 heterocycles. The first-order valence-corrected chi connectivity index (χ1v) is 10.7. The van der Waals surface area contributed by atoms with Crippen LogP contribution >= 0.6 is 22.9 Å². The van der Waals surface area contributed by atoms with E-state index < -0.39 is 5.97 Å². The first-order valence-electron chi connectivity index (χ1n) is 9.49. The lowest BCUT2D eigenvalue weighted by Crippen LogP contribution is -2.03. The van der Waals surface area contributed by atoms with E-state index in [4.69, 9.17) is 16.3 Å². The van der Waals surface area contributed by atoms with Gasteiger partial charge in [-0.15, -0.1) is 11.3 Å². The maximum atomic E-state index is 11.5. The second-order valence-corrected chi connectivity index (χ2v) is 8.81. The molecule has 0 bridgehead atoms. The molecule has 0 amide bonds. The number of carboxylic acids is 1. The third kappa shape index (κ3) is 3.82. The second kappa shape index (κ2) is 8.17. The molecule has 0 radical (unpaired) electrons. The Morgan fingerprint density at radius 2 is 1.90 bits per heavy atom. The molecule has 2 N–H and O–H groups in total. The highest BCUT2D eigenvalue weighted by Crippen LogP contribution is 2.42. The number of nitrogens with one attached hydrogen (secondary N) is 1. The molecule has 0 spiro atoms. The van der Waals surface area contributed by atoms with Crippen LogP contribution in [-0.4, -0.2) is 28.2 Å². The highest BCUT2D eigenvalue weighted by atomic mass is 35.5. The van der Waals surface area contributed by atoms with Crippen LogP contribution in [0.3, 0.4) is 0 Å². The summed E-state index contributed by atoms with van der Waals surface area (Å²) in [7, 11) is 1.42. The van der Waals surface area contributed by atoms with E-state index in [0.29, 0.717) is 11.5 Å². The number of rotatable bonds is 5. The smallest absolute Gasteiger partial charge is 0.339 e. The largest absolute Gasteiger partial charge is 0.496 e. The predicted octanol–water partition coefficient (Wildman–Crippen LogP) is 6.39. The first kappa shape index (κ1) is 21.1. The number of benzene rings is 2. The fourth-order valence-electron chi connectivity index (χ4n) is 3.50. The van der Waals surface area contributed by atoms with Crippen LogP contribution in [0.25, 0.3) is 21.3 Å². The molecule has 158 valence electrons. The minimum atomic E-state index is -1.11. The van der Waals surface area contributed by atoms with Gasteiger partial charge in [-0.1, -0.05) is 29.8 Å². The summed E-state index contributed by atoms with van der Waals surface area (Å²) in [5.74, 6) is -0.310. The molecule has 8 heteroatoms. The van der Waals surface area contributed by atoms with Crippen LogP contribution in [0.4, 0.5) is 11.5 Å². The zero-order chi connectivity index (χ0) is 22.3. The number of ether oxygens (including phenoxy) is 1. The van der Waals surface area contributed by atoms with Crippen LogP contribution in [0.1, 0.15) is 26.4 Å². The van der Waals surface area contributed by atoms with Gasteiger partial charge in [0.15, 0.2) is 0 Å². The molecule has 4 rings (SSSR count). The van der Waals surface area contributed by atoms with Crippen LogP contribution in [0.5, 0.6) is 5.75 Å². The van der Waals surface area contributed by atoms with Crippen molar-refractivity contribution in [1.82, 2.24) is 9.97 Å². The standard InChI is InChI=1S/C23H20ClN3O3S/c1-11-5-6-14(7-12(11)2)19-13(3)31-22-20(19)21(25-10-26-22)27-17-9-18(30-4)15(23(28)29)8-16(17)24/h5-10H,1-4H3,(H,28,29)(H,25,26,27). The maximum Gasteiger partial charge on any atom is 0.339 e. The molecule has 0 saturated carbocycles. The summed E-state index contributed by atoms with van der Waals surface area (Å²) in [5.41, 5.74) is 5.09. The lowest BCUT2D eigenvalue weighted by molar-refractivity contribution is 0.0693. The Bertz CT molecular complexity index is 1330. The molecule has 2 aromatic heterocycles. The highest BCUT2D eigenvalue weighted by Gasteiger charge is 2.20. The molecule has 0 unspecified atom stereocenters.